The van der Waals surface area contributed by atoms with Crippen molar-refractivity contribution in [2.45, 2.75) is 50.5 Å². The van der Waals surface area contributed by atoms with Crippen LogP contribution in [0.2, 0.25) is 0 Å². The van der Waals surface area contributed by atoms with Gasteiger partial charge in [0.1, 0.15) is 0 Å². The van der Waals surface area contributed by atoms with E-state index in [1.54, 1.807) is 0 Å². The summed E-state index contributed by atoms with van der Waals surface area (Å²) in [6, 6.07) is 0. The van der Waals surface area contributed by atoms with Crippen LogP contribution < -0.4 is 5.73 Å². The monoisotopic (exact) mass is 207 g/mol. The summed E-state index contributed by atoms with van der Waals surface area (Å²) in [5.41, 5.74) is 5.97. The fourth-order valence-corrected chi connectivity index (χ4v) is 1.96. The van der Waals surface area contributed by atoms with Crippen molar-refractivity contribution in [3.8, 4) is 0 Å². The summed E-state index contributed by atoms with van der Waals surface area (Å²) in [4.78, 5) is 4.47. The van der Waals surface area contributed by atoms with E-state index < -0.39 is 5.54 Å². The molecule has 1 aromatic rings. The summed E-state index contributed by atoms with van der Waals surface area (Å²) in [5.74, 6) is 1.99. The highest BCUT2D eigenvalue weighted by Gasteiger charge is 2.47. The summed E-state index contributed by atoms with van der Waals surface area (Å²) in [6.07, 6.45) is 4.69. The standard InChI is InChI=1S/C11H17N3O/c1-10(5-6-10)8-13-9(15-14-8)11(2,12)7-3-4-7/h7H,3-6,12H2,1-2H3. The quantitative estimate of drug-likeness (QED) is 0.819. The van der Waals surface area contributed by atoms with Crippen molar-refractivity contribution in [1.82, 2.24) is 10.1 Å². The molecular formula is C11H17N3O. The molecule has 2 aliphatic rings. The molecular weight excluding hydrogens is 190 g/mol. The zero-order chi connectivity index (χ0) is 10.7. The molecule has 1 heterocycles. The molecule has 2 saturated carbocycles. The van der Waals surface area contributed by atoms with Gasteiger partial charge in [-0.1, -0.05) is 12.1 Å². The summed E-state index contributed by atoms with van der Waals surface area (Å²) < 4.78 is 5.31. The molecule has 0 amide bonds. The van der Waals surface area contributed by atoms with Crippen molar-refractivity contribution in [1.29, 1.82) is 0 Å². The van der Waals surface area contributed by atoms with Gasteiger partial charge in [-0.15, -0.1) is 0 Å². The second-order valence-electron chi connectivity index (χ2n) is 5.54. The molecule has 1 unspecified atom stereocenters. The van der Waals surface area contributed by atoms with Crippen molar-refractivity contribution in [3.63, 3.8) is 0 Å². The minimum absolute atomic E-state index is 0.168. The van der Waals surface area contributed by atoms with Crippen LogP contribution in [0.1, 0.15) is 51.2 Å². The zero-order valence-electron chi connectivity index (χ0n) is 9.29. The van der Waals surface area contributed by atoms with Gasteiger partial charge in [0.05, 0.1) is 5.54 Å². The van der Waals surface area contributed by atoms with E-state index >= 15 is 0 Å². The molecule has 1 atom stereocenters. The predicted octanol–water partition coefficient (Wildman–Crippen LogP) is 1.70. The van der Waals surface area contributed by atoms with Crippen LogP contribution in [0.3, 0.4) is 0 Å². The normalized spacial score (nSPS) is 27.4. The Labute approximate surface area is 89.2 Å². The number of nitrogens with two attached hydrogens (primary N) is 1. The van der Waals surface area contributed by atoms with Gasteiger partial charge in [0, 0.05) is 5.41 Å². The highest BCUT2D eigenvalue weighted by Crippen LogP contribution is 2.48. The minimum atomic E-state index is -0.420. The van der Waals surface area contributed by atoms with Gasteiger partial charge < -0.3 is 10.3 Å². The maximum atomic E-state index is 6.22. The largest absolute Gasteiger partial charge is 0.337 e. The van der Waals surface area contributed by atoms with Crippen LogP contribution >= 0.6 is 0 Å². The maximum absolute atomic E-state index is 6.22. The van der Waals surface area contributed by atoms with E-state index in [1.165, 1.54) is 12.8 Å². The Morgan fingerprint density at radius 2 is 2.13 bits per heavy atom. The lowest BCUT2D eigenvalue weighted by molar-refractivity contribution is 0.271. The predicted molar refractivity (Wildman–Crippen MR) is 55.1 cm³/mol. The van der Waals surface area contributed by atoms with Gasteiger partial charge in [-0.25, -0.2) is 0 Å². The highest BCUT2D eigenvalue weighted by atomic mass is 16.5. The molecule has 3 rings (SSSR count). The summed E-state index contributed by atoms with van der Waals surface area (Å²) in [6.45, 7) is 4.17. The number of aromatic nitrogens is 2. The van der Waals surface area contributed by atoms with Gasteiger partial charge in [0.15, 0.2) is 5.82 Å². The molecule has 0 spiro atoms. The van der Waals surface area contributed by atoms with Gasteiger partial charge in [0.2, 0.25) is 5.89 Å². The van der Waals surface area contributed by atoms with Gasteiger partial charge in [-0.3, -0.25) is 0 Å². The van der Waals surface area contributed by atoms with Crippen LogP contribution in [-0.2, 0) is 11.0 Å². The second-order valence-corrected chi connectivity index (χ2v) is 5.54. The van der Waals surface area contributed by atoms with Crippen LogP contribution in [-0.4, -0.2) is 10.1 Å². The molecule has 0 radical (unpaired) electrons. The van der Waals surface area contributed by atoms with Crippen molar-refractivity contribution in [3.05, 3.63) is 11.7 Å². The number of nitrogens with zero attached hydrogens (tertiary/aromatic N) is 2. The van der Waals surface area contributed by atoms with E-state index in [0.29, 0.717) is 11.8 Å². The molecule has 2 aliphatic carbocycles. The SMILES string of the molecule is CC1(c2noc(C(C)(N)C3CC3)n2)CC1. The first-order valence-corrected chi connectivity index (χ1v) is 5.66. The molecule has 15 heavy (non-hydrogen) atoms. The smallest absolute Gasteiger partial charge is 0.246 e. The van der Waals surface area contributed by atoms with Gasteiger partial charge in [-0.05, 0) is 38.5 Å². The van der Waals surface area contributed by atoms with E-state index in [1.807, 2.05) is 6.92 Å². The van der Waals surface area contributed by atoms with Gasteiger partial charge >= 0.3 is 0 Å². The topological polar surface area (TPSA) is 64.9 Å². The number of hydrogen-bond donors (Lipinski definition) is 1. The average Bonchev–Trinajstić information content (AvgIpc) is 3.08. The Morgan fingerprint density at radius 1 is 1.47 bits per heavy atom. The minimum Gasteiger partial charge on any atom is -0.337 e. The Balaban J connectivity index is 1.89. The van der Waals surface area contributed by atoms with Crippen LogP contribution in [0.25, 0.3) is 0 Å². The summed E-state index contributed by atoms with van der Waals surface area (Å²) >= 11 is 0. The fraction of sp³-hybridized carbons (Fsp3) is 0.818. The number of rotatable bonds is 3. The third kappa shape index (κ3) is 1.39. The van der Waals surface area contributed by atoms with Crippen molar-refractivity contribution in [2.24, 2.45) is 11.7 Å². The maximum Gasteiger partial charge on any atom is 0.246 e. The van der Waals surface area contributed by atoms with E-state index in [-0.39, 0.29) is 5.41 Å². The molecule has 0 bridgehead atoms. The lowest BCUT2D eigenvalue weighted by Crippen LogP contribution is -2.35. The molecule has 0 aromatic carbocycles. The summed E-state index contributed by atoms with van der Waals surface area (Å²) in [5, 5.41) is 4.06. The Morgan fingerprint density at radius 3 is 2.67 bits per heavy atom. The van der Waals surface area contributed by atoms with Crippen molar-refractivity contribution < 1.29 is 4.52 Å². The van der Waals surface area contributed by atoms with E-state index in [0.717, 1.165) is 18.7 Å². The van der Waals surface area contributed by atoms with E-state index in [9.17, 15) is 0 Å². The molecule has 2 N–H and O–H groups in total. The van der Waals surface area contributed by atoms with E-state index in [2.05, 4.69) is 17.1 Å². The average molecular weight is 207 g/mol. The second kappa shape index (κ2) is 2.61. The fourth-order valence-electron chi connectivity index (χ4n) is 1.96. The molecule has 2 fully saturated rings. The van der Waals surface area contributed by atoms with Crippen molar-refractivity contribution in [2.75, 3.05) is 0 Å². The van der Waals surface area contributed by atoms with Gasteiger partial charge in [0.25, 0.3) is 0 Å². The molecule has 1 aromatic heterocycles. The molecule has 4 heteroatoms. The number of hydrogen-bond acceptors (Lipinski definition) is 4. The van der Waals surface area contributed by atoms with E-state index in [4.69, 9.17) is 10.3 Å². The Hall–Kier alpha value is -0.900. The van der Waals surface area contributed by atoms with Gasteiger partial charge in [-0.2, -0.15) is 4.98 Å². The lowest BCUT2D eigenvalue weighted by Gasteiger charge is -2.18. The van der Waals surface area contributed by atoms with Crippen LogP contribution in [0.4, 0.5) is 0 Å². The van der Waals surface area contributed by atoms with Crippen LogP contribution in [0.15, 0.2) is 4.52 Å². The summed E-state index contributed by atoms with van der Waals surface area (Å²) in [7, 11) is 0. The molecule has 4 nitrogen and oxygen atoms in total. The van der Waals surface area contributed by atoms with Crippen LogP contribution in [0, 0.1) is 5.92 Å². The molecule has 82 valence electrons. The lowest BCUT2D eigenvalue weighted by atomic mass is 9.97. The molecule has 0 aliphatic heterocycles. The Kier molecular flexibility index (Phi) is 1.63. The Bertz CT molecular complexity index is 388. The third-order valence-corrected chi connectivity index (χ3v) is 3.85. The van der Waals surface area contributed by atoms with Crippen molar-refractivity contribution >= 4 is 0 Å². The first-order chi connectivity index (χ1) is 7.02. The zero-order valence-corrected chi connectivity index (χ0v) is 9.29. The highest BCUT2D eigenvalue weighted by molar-refractivity contribution is 5.17. The third-order valence-electron chi connectivity index (χ3n) is 3.85. The van der Waals surface area contributed by atoms with Crippen LogP contribution in [0.5, 0.6) is 0 Å². The molecule has 0 saturated heterocycles. The first-order valence-electron chi connectivity index (χ1n) is 5.66. The first kappa shape index (κ1) is 9.33.